The molecule has 1 aromatic rings. The van der Waals surface area contributed by atoms with Crippen LogP contribution in [0.15, 0.2) is 30.3 Å². The lowest BCUT2D eigenvalue weighted by molar-refractivity contribution is -0.0123. The normalized spacial score (nSPS) is 13.7. The van der Waals surface area contributed by atoms with Crippen LogP contribution >= 0.6 is 0 Å². The van der Waals surface area contributed by atoms with Crippen molar-refractivity contribution in [3.05, 3.63) is 30.3 Å². The predicted molar refractivity (Wildman–Crippen MR) is 96.0 cm³/mol. The summed E-state index contributed by atoms with van der Waals surface area (Å²) >= 11 is 0. The van der Waals surface area contributed by atoms with Gasteiger partial charge in [-0.2, -0.15) is 8.42 Å². The number of unbranched alkanes of at least 4 members (excludes halogenated alkanes) is 2. The van der Waals surface area contributed by atoms with Crippen molar-refractivity contribution in [2.75, 3.05) is 19.0 Å². The highest BCUT2D eigenvalue weighted by atomic mass is 32.2. The summed E-state index contributed by atoms with van der Waals surface area (Å²) in [4.78, 5) is 0. The Morgan fingerprint density at radius 1 is 1.17 bits per heavy atom. The van der Waals surface area contributed by atoms with Gasteiger partial charge in [-0.05, 0) is 18.6 Å². The largest absolute Gasteiger partial charge is 0.487 e. The molecule has 0 aromatic heterocycles. The zero-order chi connectivity index (χ0) is 18.1. The molecular weight excluding hydrogens is 328 g/mol. The molecule has 0 heterocycles. The van der Waals surface area contributed by atoms with Gasteiger partial charge in [0.15, 0.2) is 0 Å². The summed E-state index contributed by atoms with van der Waals surface area (Å²) in [6.45, 7) is 6.69. The summed E-state index contributed by atoms with van der Waals surface area (Å²) < 4.78 is 41.9. The zero-order valence-corrected chi connectivity index (χ0v) is 15.7. The molecule has 5 nitrogen and oxygen atoms in total. The lowest BCUT2D eigenvalue weighted by Gasteiger charge is -2.34. The molecule has 6 heteroatoms. The Hall–Kier alpha value is -1.11. The van der Waals surface area contributed by atoms with Crippen LogP contribution in [0.25, 0.3) is 0 Å². The second-order valence-electron chi connectivity index (χ2n) is 6.73. The summed E-state index contributed by atoms with van der Waals surface area (Å²) in [5.74, 6) is 0.367. The molecule has 1 N–H and O–H groups in total. The van der Waals surface area contributed by atoms with Crippen molar-refractivity contribution >= 4 is 10.1 Å². The van der Waals surface area contributed by atoms with Gasteiger partial charge in [-0.25, -0.2) is 0 Å². The van der Waals surface area contributed by atoms with Crippen LogP contribution in [0.3, 0.4) is 0 Å². The second kappa shape index (κ2) is 10.0. The third-order valence-electron chi connectivity index (χ3n) is 4.07. The molecule has 0 spiro atoms. The quantitative estimate of drug-likeness (QED) is 0.452. The van der Waals surface area contributed by atoms with E-state index in [1.54, 1.807) is 0 Å². The van der Waals surface area contributed by atoms with Gasteiger partial charge >= 0.3 is 0 Å². The minimum atomic E-state index is -4.00. The van der Waals surface area contributed by atoms with Gasteiger partial charge in [0.1, 0.15) is 11.9 Å². The molecule has 1 aromatic carbocycles. The van der Waals surface area contributed by atoms with Crippen molar-refractivity contribution in [2.24, 2.45) is 5.41 Å². The van der Waals surface area contributed by atoms with Gasteiger partial charge in [0, 0.05) is 5.41 Å². The molecule has 0 bridgehead atoms. The number of ether oxygens (including phenoxy) is 2. The van der Waals surface area contributed by atoms with Crippen molar-refractivity contribution < 1.29 is 22.4 Å². The molecule has 1 unspecified atom stereocenters. The van der Waals surface area contributed by atoms with Gasteiger partial charge in [-0.3, -0.25) is 4.55 Å². The summed E-state index contributed by atoms with van der Waals surface area (Å²) in [7, 11) is -4.00. The number of rotatable bonds is 12. The molecule has 24 heavy (non-hydrogen) atoms. The van der Waals surface area contributed by atoms with Crippen LogP contribution in [0.1, 0.15) is 46.5 Å². The Morgan fingerprint density at radius 2 is 1.83 bits per heavy atom. The smallest absolute Gasteiger partial charge is 0.267 e. The van der Waals surface area contributed by atoms with E-state index in [1.165, 1.54) is 6.42 Å². The average Bonchev–Trinajstić information content (AvgIpc) is 2.50. The standard InChI is InChI=1S/C18H30O5S/c1-4-5-9-12-18(2,3)17(15-22-13-14-24(19,20)21)23-16-10-7-6-8-11-16/h6-8,10-11,17H,4-5,9,12-15H2,1-3H3,(H,19,20,21). The molecule has 138 valence electrons. The Balaban J connectivity index is 2.67. The van der Waals surface area contributed by atoms with Crippen LogP contribution in [0.2, 0.25) is 0 Å². The first kappa shape index (κ1) is 20.9. The van der Waals surface area contributed by atoms with E-state index in [9.17, 15) is 8.42 Å². The van der Waals surface area contributed by atoms with Gasteiger partial charge in [-0.1, -0.05) is 58.2 Å². The maximum atomic E-state index is 10.8. The number of hydrogen-bond acceptors (Lipinski definition) is 4. The SMILES string of the molecule is CCCCCC(C)(C)C(COCCS(=O)(=O)O)Oc1ccccc1. The van der Waals surface area contributed by atoms with E-state index >= 15 is 0 Å². The lowest BCUT2D eigenvalue weighted by atomic mass is 9.81. The van der Waals surface area contributed by atoms with Crippen LogP contribution in [-0.4, -0.2) is 38.0 Å². The Morgan fingerprint density at radius 3 is 2.42 bits per heavy atom. The van der Waals surface area contributed by atoms with E-state index in [0.29, 0.717) is 0 Å². The van der Waals surface area contributed by atoms with Crippen LogP contribution in [-0.2, 0) is 14.9 Å². The lowest BCUT2D eigenvalue weighted by Crippen LogP contribution is -2.39. The first-order valence-corrected chi connectivity index (χ1v) is 10.1. The first-order valence-electron chi connectivity index (χ1n) is 8.49. The Kier molecular flexibility index (Phi) is 8.73. The van der Waals surface area contributed by atoms with E-state index in [2.05, 4.69) is 20.8 Å². The second-order valence-corrected chi connectivity index (χ2v) is 8.30. The van der Waals surface area contributed by atoms with Crippen LogP contribution in [0.4, 0.5) is 0 Å². The van der Waals surface area contributed by atoms with E-state index in [1.807, 2.05) is 30.3 Å². The molecule has 0 radical (unpaired) electrons. The molecule has 0 aliphatic carbocycles. The van der Waals surface area contributed by atoms with E-state index < -0.39 is 15.9 Å². The number of benzene rings is 1. The van der Waals surface area contributed by atoms with E-state index in [4.69, 9.17) is 14.0 Å². The number of hydrogen-bond donors (Lipinski definition) is 1. The summed E-state index contributed by atoms with van der Waals surface area (Å²) in [5.41, 5.74) is -0.108. The van der Waals surface area contributed by atoms with Gasteiger partial charge in [0.05, 0.1) is 19.0 Å². The van der Waals surface area contributed by atoms with Gasteiger partial charge in [-0.15, -0.1) is 0 Å². The Bertz CT molecular complexity index is 554. The zero-order valence-electron chi connectivity index (χ0n) is 14.9. The molecule has 0 aliphatic heterocycles. The van der Waals surface area contributed by atoms with Crippen molar-refractivity contribution in [1.29, 1.82) is 0 Å². The maximum Gasteiger partial charge on any atom is 0.267 e. The van der Waals surface area contributed by atoms with Gasteiger partial charge in [0.25, 0.3) is 10.1 Å². The monoisotopic (exact) mass is 358 g/mol. The fourth-order valence-corrected chi connectivity index (χ4v) is 2.76. The van der Waals surface area contributed by atoms with E-state index in [-0.39, 0.29) is 24.7 Å². The third kappa shape index (κ3) is 8.66. The van der Waals surface area contributed by atoms with Crippen molar-refractivity contribution in [2.45, 2.75) is 52.6 Å². The van der Waals surface area contributed by atoms with Gasteiger partial charge in [0.2, 0.25) is 0 Å². The third-order valence-corrected chi connectivity index (χ3v) is 4.76. The molecule has 0 saturated carbocycles. The molecule has 0 saturated heterocycles. The van der Waals surface area contributed by atoms with Gasteiger partial charge < -0.3 is 9.47 Å². The average molecular weight is 358 g/mol. The summed E-state index contributed by atoms with van der Waals surface area (Å²) in [6.07, 6.45) is 4.25. The highest BCUT2D eigenvalue weighted by Crippen LogP contribution is 2.31. The fraction of sp³-hybridized carbons (Fsp3) is 0.667. The first-order chi connectivity index (χ1) is 11.2. The molecule has 0 fully saturated rings. The molecular formula is C18H30O5S. The molecule has 0 amide bonds. The highest BCUT2D eigenvalue weighted by Gasteiger charge is 2.31. The van der Waals surface area contributed by atoms with Crippen molar-refractivity contribution in [3.63, 3.8) is 0 Å². The number of para-hydroxylation sites is 1. The van der Waals surface area contributed by atoms with E-state index in [0.717, 1.165) is 25.0 Å². The minimum Gasteiger partial charge on any atom is -0.487 e. The predicted octanol–water partition coefficient (Wildman–Crippen LogP) is 3.94. The van der Waals surface area contributed by atoms with Crippen LogP contribution < -0.4 is 4.74 Å². The van der Waals surface area contributed by atoms with Crippen LogP contribution in [0.5, 0.6) is 5.75 Å². The minimum absolute atomic E-state index is 0.0431. The Labute approximate surface area is 146 Å². The highest BCUT2D eigenvalue weighted by molar-refractivity contribution is 7.85. The molecule has 0 aliphatic rings. The van der Waals surface area contributed by atoms with Crippen LogP contribution in [0, 0.1) is 5.41 Å². The fourth-order valence-electron chi connectivity index (χ4n) is 2.43. The van der Waals surface area contributed by atoms with Crippen molar-refractivity contribution in [1.82, 2.24) is 0 Å². The summed E-state index contributed by atoms with van der Waals surface area (Å²) in [5, 5.41) is 0. The molecule has 1 atom stereocenters. The summed E-state index contributed by atoms with van der Waals surface area (Å²) in [6, 6.07) is 9.54. The molecule has 1 rings (SSSR count). The maximum absolute atomic E-state index is 10.8. The topological polar surface area (TPSA) is 72.8 Å². The van der Waals surface area contributed by atoms with Crippen molar-refractivity contribution in [3.8, 4) is 5.75 Å².